The Morgan fingerprint density at radius 3 is 2.54 bits per heavy atom. The number of fused-ring (bicyclic) bond motifs is 1. The number of ketones is 1. The van der Waals surface area contributed by atoms with Crippen LogP contribution < -0.4 is 4.90 Å². The lowest BCUT2D eigenvalue weighted by Gasteiger charge is -2.22. The van der Waals surface area contributed by atoms with Gasteiger partial charge in [-0.2, -0.15) is 0 Å². The molecule has 6 rings (SSSR count). The van der Waals surface area contributed by atoms with Crippen molar-refractivity contribution in [3.8, 4) is 0 Å². The number of hydrogen-bond donors (Lipinski definition) is 1. The Kier molecular flexibility index (Phi) is 7.15. The van der Waals surface area contributed by atoms with Crippen LogP contribution in [0, 0.1) is 19.7 Å². The zero-order valence-electron chi connectivity index (χ0n) is 22.2. The summed E-state index contributed by atoms with van der Waals surface area (Å²) in [4.78, 5) is 28.2. The maximum atomic E-state index is 13.9. The molecule has 1 saturated heterocycles. The van der Waals surface area contributed by atoms with Gasteiger partial charge in [0.15, 0.2) is 4.34 Å². The number of Topliss-reactive ketones (excluding diaryl/α,β-unsaturated/α-hetero) is 1. The molecule has 1 aliphatic rings. The highest BCUT2D eigenvalue weighted by atomic mass is 32.2. The smallest absolute Gasteiger partial charge is 0.301 e. The Morgan fingerprint density at radius 2 is 1.73 bits per heavy atom. The van der Waals surface area contributed by atoms with Gasteiger partial charge in [0.05, 0.1) is 11.6 Å². The van der Waals surface area contributed by atoms with Crippen LogP contribution in [0.2, 0.25) is 0 Å². The van der Waals surface area contributed by atoms with Crippen molar-refractivity contribution in [2.24, 2.45) is 0 Å². The van der Waals surface area contributed by atoms with Gasteiger partial charge in [0.2, 0.25) is 5.13 Å². The lowest BCUT2D eigenvalue weighted by Crippen LogP contribution is -2.29. The van der Waals surface area contributed by atoms with E-state index in [-0.39, 0.29) is 16.5 Å². The summed E-state index contributed by atoms with van der Waals surface area (Å²) in [5.41, 5.74) is 3.64. The van der Waals surface area contributed by atoms with E-state index in [0.717, 1.165) is 27.5 Å². The molecule has 0 aliphatic carbocycles. The Labute approximate surface area is 244 Å². The lowest BCUT2D eigenvalue weighted by molar-refractivity contribution is -0.132. The summed E-state index contributed by atoms with van der Waals surface area (Å²) in [6.45, 7) is 3.70. The molecule has 1 fully saturated rings. The van der Waals surface area contributed by atoms with Gasteiger partial charge in [-0.25, -0.2) is 4.39 Å². The second kappa shape index (κ2) is 10.9. The number of benzene rings is 4. The number of halogens is 1. The summed E-state index contributed by atoms with van der Waals surface area (Å²) in [5, 5.41) is 22.5. The van der Waals surface area contributed by atoms with Crippen molar-refractivity contribution in [2.45, 2.75) is 30.0 Å². The molecule has 2 heterocycles. The molecule has 9 heteroatoms. The van der Waals surface area contributed by atoms with E-state index in [0.29, 0.717) is 21.2 Å². The van der Waals surface area contributed by atoms with Crippen LogP contribution in [-0.2, 0) is 15.3 Å². The summed E-state index contributed by atoms with van der Waals surface area (Å²) in [7, 11) is 0. The van der Waals surface area contributed by atoms with Crippen LogP contribution in [-0.4, -0.2) is 27.0 Å². The molecule has 4 aromatic carbocycles. The molecular formula is C32H24FN3O3S2. The minimum absolute atomic E-state index is 0.0736. The monoisotopic (exact) mass is 581 g/mol. The van der Waals surface area contributed by atoms with Crippen LogP contribution >= 0.6 is 23.1 Å². The molecule has 1 unspecified atom stereocenters. The molecule has 1 N–H and O–H groups in total. The van der Waals surface area contributed by atoms with Gasteiger partial charge in [0.25, 0.3) is 5.78 Å². The third kappa shape index (κ3) is 5.03. The van der Waals surface area contributed by atoms with E-state index in [1.54, 1.807) is 6.07 Å². The van der Waals surface area contributed by atoms with Crippen molar-refractivity contribution in [3.05, 3.63) is 124 Å². The van der Waals surface area contributed by atoms with Gasteiger partial charge in [0, 0.05) is 11.3 Å². The molecule has 1 aromatic heterocycles. The number of rotatable bonds is 6. The van der Waals surface area contributed by atoms with Crippen molar-refractivity contribution in [1.82, 2.24) is 10.2 Å². The largest absolute Gasteiger partial charge is 0.507 e. The minimum Gasteiger partial charge on any atom is -0.507 e. The number of carbonyl (C=O) groups excluding carboxylic acids is 2. The number of nitrogens with zero attached hydrogens (tertiary/aromatic N) is 3. The Bertz CT molecular complexity index is 1840. The van der Waals surface area contributed by atoms with Crippen molar-refractivity contribution in [1.29, 1.82) is 0 Å². The van der Waals surface area contributed by atoms with E-state index in [9.17, 15) is 19.1 Å². The number of hydrogen-bond acceptors (Lipinski definition) is 7. The first-order valence-corrected chi connectivity index (χ1v) is 14.7. The fraction of sp³-hybridized carbons (Fsp3) is 0.125. The Balaban J connectivity index is 1.38. The third-order valence-electron chi connectivity index (χ3n) is 7.11. The van der Waals surface area contributed by atoms with E-state index in [4.69, 9.17) is 0 Å². The van der Waals surface area contributed by atoms with E-state index >= 15 is 0 Å². The van der Waals surface area contributed by atoms with Gasteiger partial charge in [-0.15, -0.1) is 10.2 Å². The zero-order valence-corrected chi connectivity index (χ0v) is 23.8. The number of thioether (sulfide) groups is 1. The number of aliphatic hydroxyl groups is 1. The molecule has 204 valence electrons. The highest BCUT2D eigenvalue weighted by Gasteiger charge is 2.48. The van der Waals surface area contributed by atoms with Gasteiger partial charge in [-0.05, 0) is 59.5 Å². The molecule has 1 atom stereocenters. The van der Waals surface area contributed by atoms with Crippen LogP contribution in [0.5, 0.6) is 0 Å². The number of amides is 1. The fourth-order valence-corrected chi connectivity index (χ4v) is 6.91. The molecule has 41 heavy (non-hydrogen) atoms. The molecule has 1 aliphatic heterocycles. The predicted molar refractivity (Wildman–Crippen MR) is 161 cm³/mol. The summed E-state index contributed by atoms with van der Waals surface area (Å²) < 4.78 is 14.5. The van der Waals surface area contributed by atoms with Gasteiger partial charge in [-0.3, -0.25) is 14.5 Å². The second-order valence-corrected chi connectivity index (χ2v) is 12.0. The van der Waals surface area contributed by atoms with Crippen molar-refractivity contribution >= 4 is 56.5 Å². The van der Waals surface area contributed by atoms with Crippen molar-refractivity contribution in [3.63, 3.8) is 0 Å². The molecule has 1 amide bonds. The van der Waals surface area contributed by atoms with E-state index in [1.807, 2.05) is 44.2 Å². The third-order valence-corrected chi connectivity index (χ3v) is 9.22. The first-order chi connectivity index (χ1) is 19.8. The van der Waals surface area contributed by atoms with Gasteiger partial charge in [-0.1, -0.05) is 95.4 Å². The first-order valence-electron chi connectivity index (χ1n) is 12.9. The fourth-order valence-electron chi connectivity index (χ4n) is 5.04. The van der Waals surface area contributed by atoms with Gasteiger partial charge >= 0.3 is 5.91 Å². The summed E-state index contributed by atoms with van der Waals surface area (Å²) in [5.74, 6) is -1.76. The van der Waals surface area contributed by atoms with Crippen LogP contribution in [0.15, 0.2) is 94.8 Å². The summed E-state index contributed by atoms with van der Waals surface area (Å²) in [6.07, 6.45) is 0. The molecule has 0 radical (unpaired) electrons. The highest BCUT2D eigenvalue weighted by molar-refractivity contribution is 8.00. The zero-order chi connectivity index (χ0) is 28.7. The Hall–Kier alpha value is -4.34. The normalized spacial score (nSPS) is 16.6. The quantitative estimate of drug-likeness (QED) is 0.0741. The highest BCUT2D eigenvalue weighted by Crippen LogP contribution is 2.44. The molecule has 0 bridgehead atoms. The van der Waals surface area contributed by atoms with Crippen LogP contribution in [0.4, 0.5) is 9.52 Å². The number of aromatic nitrogens is 2. The molecule has 6 nitrogen and oxygen atoms in total. The number of anilines is 1. The summed E-state index contributed by atoms with van der Waals surface area (Å²) in [6, 6.07) is 24.4. The van der Waals surface area contributed by atoms with Crippen LogP contribution in [0.25, 0.3) is 16.5 Å². The maximum Gasteiger partial charge on any atom is 0.301 e. The summed E-state index contributed by atoms with van der Waals surface area (Å²) >= 11 is 2.68. The van der Waals surface area contributed by atoms with Crippen LogP contribution in [0.3, 0.4) is 0 Å². The topological polar surface area (TPSA) is 83.4 Å². The van der Waals surface area contributed by atoms with Gasteiger partial charge < -0.3 is 5.11 Å². The minimum atomic E-state index is -1.00. The van der Waals surface area contributed by atoms with Crippen LogP contribution in [0.1, 0.15) is 33.9 Å². The SMILES string of the molecule is Cc1ccc(C)c(/C(O)=C2\C(=O)C(=O)N(c3nnc(SCc4cccc5ccccc45)s3)C2c2ccc(F)cc2)c1. The molecular weight excluding hydrogens is 558 g/mol. The number of carbonyl (C=O) groups is 2. The average Bonchev–Trinajstić information content (AvgIpc) is 3.55. The molecule has 0 saturated carbocycles. The molecule has 5 aromatic rings. The Morgan fingerprint density at radius 1 is 0.976 bits per heavy atom. The van der Waals surface area contributed by atoms with Gasteiger partial charge in [0.1, 0.15) is 11.6 Å². The first kappa shape index (κ1) is 26.9. The maximum absolute atomic E-state index is 13.9. The van der Waals surface area contributed by atoms with E-state index in [2.05, 4.69) is 34.5 Å². The van der Waals surface area contributed by atoms with Crippen molar-refractivity contribution in [2.75, 3.05) is 4.90 Å². The lowest BCUT2D eigenvalue weighted by atomic mass is 9.93. The van der Waals surface area contributed by atoms with Crippen molar-refractivity contribution < 1.29 is 19.1 Å². The van der Waals surface area contributed by atoms with E-state index in [1.165, 1.54) is 52.3 Å². The number of aliphatic hydroxyl groups excluding tert-OH is 1. The van der Waals surface area contributed by atoms with E-state index < -0.39 is 23.5 Å². The predicted octanol–water partition coefficient (Wildman–Crippen LogP) is 7.37. The number of aryl methyl sites for hydroxylation is 2. The standard InChI is InChI=1S/C32H24FN3O3S2/c1-18-10-11-19(2)25(16-18)28(37)26-27(21-12-14-23(33)15-13-21)36(30(39)29(26)38)31-34-35-32(41-31)40-17-22-8-5-7-20-6-3-4-9-24(20)22/h3-16,27,37H,17H2,1-2H3/b28-26+. The molecule has 0 spiro atoms. The second-order valence-electron chi connectivity index (χ2n) is 9.82. The average molecular weight is 582 g/mol.